The average Bonchev–Trinajstić information content (AvgIpc) is 1.25. The van der Waals surface area contributed by atoms with Gasteiger partial charge in [-0.1, -0.05) is 0 Å². The van der Waals surface area contributed by atoms with Crippen molar-refractivity contribution in [2.45, 2.75) is 0 Å². The summed E-state index contributed by atoms with van der Waals surface area (Å²) in [7, 11) is 0. The SMILES string of the molecule is [O]=[Er](=[O])=[O].[O]=[Sm](=[O])=[O]. The molecule has 0 spiro atoms. The van der Waals surface area contributed by atoms with Crippen molar-refractivity contribution >= 4 is 0 Å². The monoisotopic (exact) mass is 414 g/mol. The van der Waals surface area contributed by atoms with Crippen molar-refractivity contribution in [2.24, 2.45) is 0 Å². The Balaban J connectivity index is 0. The summed E-state index contributed by atoms with van der Waals surface area (Å²) in [5.41, 5.74) is 0. The van der Waals surface area contributed by atoms with Gasteiger partial charge in [-0.3, -0.25) is 0 Å². The molecule has 0 unspecified atom stereocenters. The first kappa shape index (κ1) is 12.1. The van der Waals surface area contributed by atoms with E-state index >= 15 is 0 Å². The molecule has 0 rings (SSSR count). The van der Waals surface area contributed by atoms with Crippen LogP contribution in [-0.2, 0) is 7.78 Å². The first-order chi connectivity index (χ1) is 3.46. The minimum atomic E-state index is -4.28. The van der Waals surface area contributed by atoms with Gasteiger partial charge in [0, 0.05) is 0 Å². The molecule has 0 aliphatic rings. The fourth-order valence-electron chi connectivity index (χ4n) is 0. The van der Waals surface area contributed by atoms with Crippen LogP contribution in [0.4, 0.5) is 0 Å². The van der Waals surface area contributed by atoms with Gasteiger partial charge in [-0.25, -0.2) is 0 Å². The Kier molecular flexibility index (Phi) is 12.7. The zero-order valence-corrected chi connectivity index (χ0v) is 7.62. The number of hydrogen-bond acceptors (Lipinski definition) is 6. The third kappa shape index (κ3) is 157. The quantitative estimate of drug-likeness (QED) is 0.520. The van der Waals surface area contributed by atoms with Gasteiger partial charge in [0.05, 0.1) is 0 Å². The van der Waals surface area contributed by atoms with Gasteiger partial charge in [-0.05, 0) is 0 Å². The molecular formula is ErO6Sm. The molecule has 54 valence electrons. The van der Waals surface area contributed by atoms with Gasteiger partial charge in [-0.2, -0.15) is 0 Å². The Labute approximate surface area is 72.2 Å². The van der Waals surface area contributed by atoms with E-state index in [0.29, 0.717) is 0 Å². The second-order valence-electron chi connectivity index (χ2n) is 0.348. The van der Waals surface area contributed by atoms with E-state index in [9.17, 15) is 0 Å². The fourth-order valence-corrected chi connectivity index (χ4v) is 0. The van der Waals surface area contributed by atoms with Crippen LogP contribution in [-0.4, -0.2) is 0 Å². The first-order valence-electron chi connectivity index (χ1n) is 0.854. The molecule has 6 nitrogen and oxygen atoms in total. The zero-order chi connectivity index (χ0) is 7.15. The van der Waals surface area contributed by atoms with Crippen LogP contribution in [0.1, 0.15) is 0 Å². The second-order valence-corrected chi connectivity index (χ2v) is 2.58. The Morgan fingerprint density at radius 3 is 0.875 bits per heavy atom. The van der Waals surface area contributed by atoms with Gasteiger partial charge < -0.3 is 0 Å². The van der Waals surface area contributed by atoms with E-state index in [4.69, 9.17) is 7.78 Å². The van der Waals surface area contributed by atoms with E-state index in [1.54, 1.807) is 0 Å². The van der Waals surface area contributed by atoms with Crippen molar-refractivity contribution in [3.63, 3.8) is 0 Å². The normalized spacial score (nSPS) is 8.25. The third-order valence-corrected chi connectivity index (χ3v) is 0. The summed E-state index contributed by atoms with van der Waals surface area (Å²) in [5.74, 6) is 0. The molecule has 0 aliphatic heterocycles. The summed E-state index contributed by atoms with van der Waals surface area (Å²) in [6.07, 6.45) is 0. The summed E-state index contributed by atoms with van der Waals surface area (Å²) in [5, 5.41) is 0. The predicted molar refractivity (Wildman–Crippen MR) is 4.12 cm³/mol. The molecule has 0 amide bonds. The van der Waals surface area contributed by atoms with Crippen molar-refractivity contribution in [3.05, 3.63) is 0 Å². The molecule has 0 radical (unpaired) electrons. The maximum absolute atomic E-state index is 8.61. The molecule has 0 aromatic heterocycles. The van der Waals surface area contributed by atoms with Crippen LogP contribution in [0, 0.1) is 66.4 Å². The zero-order valence-electron chi connectivity index (χ0n) is 3.15. The second kappa shape index (κ2) is 8.38. The Bertz CT molecular complexity index is 177. The van der Waals surface area contributed by atoms with E-state index in [0.717, 1.165) is 0 Å². The molecule has 0 atom stereocenters. The van der Waals surface area contributed by atoms with Crippen molar-refractivity contribution in [1.82, 2.24) is 0 Å². The molecule has 0 saturated heterocycles. The number of hydrogen-bond donors (Lipinski definition) is 0. The van der Waals surface area contributed by atoms with E-state index in [1.165, 1.54) is 0 Å². The van der Waals surface area contributed by atoms with Gasteiger partial charge >= 0.3 is 74.1 Å². The van der Waals surface area contributed by atoms with E-state index < -0.39 is 66.4 Å². The third-order valence-electron chi connectivity index (χ3n) is 0. The van der Waals surface area contributed by atoms with Crippen LogP contribution in [0.3, 0.4) is 0 Å². The van der Waals surface area contributed by atoms with Gasteiger partial charge in [0.2, 0.25) is 0 Å². The minimum absolute atomic E-state index is 3.89. The van der Waals surface area contributed by atoms with Gasteiger partial charge in [0.15, 0.2) is 0 Å². The summed E-state index contributed by atoms with van der Waals surface area (Å²) in [6, 6.07) is 0. The van der Waals surface area contributed by atoms with Crippen molar-refractivity contribution < 1.29 is 74.1 Å². The maximum atomic E-state index is 8.61. The Morgan fingerprint density at radius 2 is 0.875 bits per heavy atom. The van der Waals surface area contributed by atoms with Crippen molar-refractivity contribution in [2.75, 3.05) is 0 Å². The van der Waals surface area contributed by atoms with Crippen LogP contribution in [0.2, 0.25) is 0 Å². The molecule has 8 heteroatoms. The van der Waals surface area contributed by atoms with E-state index in [1.807, 2.05) is 0 Å². The molecule has 0 aromatic carbocycles. The van der Waals surface area contributed by atoms with Crippen LogP contribution >= 0.6 is 0 Å². The number of rotatable bonds is 0. The summed E-state index contributed by atoms with van der Waals surface area (Å²) in [6.45, 7) is 0. The molecule has 0 heterocycles. The van der Waals surface area contributed by atoms with Crippen molar-refractivity contribution in [1.29, 1.82) is 0 Å². The average molecular weight is 414 g/mol. The molecule has 0 N–H and O–H groups in total. The molecule has 0 aromatic rings. The summed E-state index contributed by atoms with van der Waals surface area (Å²) < 4.78 is 51.5. The molecule has 8 heavy (non-hydrogen) atoms. The van der Waals surface area contributed by atoms with Crippen molar-refractivity contribution in [3.8, 4) is 0 Å². The standard InChI is InChI=1S/Er.6O.Sm. The molecule has 0 aliphatic carbocycles. The fraction of sp³-hybridized carbons (Fsp3) is 0. The topological polar surface area (TPSA) is 102 Å². The molecule has 0 bridgehead atoms. The Hall–Kier alpha value is 1.38. The molecular weight excluding hydrogens is 414 g/mol. The summed E-state index contributed by atoms with van der Waals surface area (Å²) in [4.78, 5) is 0. The molecule has 0 saturated carbocycles. The first-order valence-corrected chi connectivity index (χ1v) is 6.33. The Morgan fingerprint density at radius 1 is 0.875 bits per heavy atom. The van der Waals surface area contributed by atoms with Crippen LogP contribution in [0.5, 0.6) is 0 Å². The van der Waals surface area contributed by atoms with Gasteiger partial charge in [0.25, 0.3) is 0 Å². The van der Waals surface area contributed by atoms with Gasteiger partial charge in [0.1, 0.15) is 0 Å². The molecule has 0 fully saturated rings. The summed E-state index contributed by atoms with van der Waals surface area (Å²) >= 11 is -8.17. The van der Waals surface area contributed by atoms with Crippen LogP contribution < -0.4 is 0 Å². The predicted octanol–water partition coefficient (Wildman–Crippen LogP) is -0.713. The van der Waals surface area contributed by atoms with E-state index in [-0.39, 0.29) is 0 Å². The van der Waals surface area contributed by atoms with E-state index in [2.05, 4.69) is 0 Å². The van der Waals surface area contributed by atoms with Crippen LogP contribution in [0.25, 0.3) is 0 Å². The van der Waals surface area contributed by atoms with Crippen LogP contribution in [0.15, 0.2) is 0 Å². The van der Waals surface area contributed by atoms with Gasteiger partial charge in [-0.15, -0.1) is 0 Å².